The van der Waals surface area contributed by atoms with E-state index in [1.165, 1.54) is 11.5 Å². The van der Waals surface area contributed by atoms with Crippen molar-refractivity contribution in [1.29, 1.82) is 0 Å². The van der Waals surface area contributed by atoms with Gasteiger partial charge in [0.05, 0.1) is 5.75 Å². The zero-order valence-electron chi connectivity index (χ0n) is 10.6. The van der Waals surface area contributed by atoms with Gasteiger partial charge in [-0.15, -0.1) is 0 Å². The number of thioether (sulfide) groups is 1. The van der Waals surface area contributed by atoms with E-state index in [-0.39, 0.29) is 5.75 Å². The fourth-order valence-electron chi connectivity index (χ4n) is 1.83. The van der Waals surface area contributed by atoms with Crippen LogP contribution in [0.1, 0.15) is 26.2 Å². The summed E-state index contributed by atoms with van der Waals surface area (Å²) < 4.78 is 26.1. The van der Waals surface area contributed by atoms with Gasteiger partial charge in [-0.25, -0.2) is 13.1 Å². The maximum atomic E-state index is 11.7. The summed E-state index contributed by atoms with van der Waals surface area (Å²) in [5.74, 6) is 3.13. The first-order valence-corrected chi connectivity index (χ1v) is 9.20. The second-order valence-corrected chi connectivity index (χ2v) is 7.58. The van der Waals surface area contributed by atoms with E-state index < -0.39 is 10.0 Å². The highest BCUT2D eigenvalue weighted by Gasteiger charge is 2.16. The normalized spacial score (nSPS) is 18.4. The molecule has 0 aromatic rings. The third kappa shape index (κ3) is 7.28. The number of sulfonamides is 1. The molecule has 1 aliphatic rings. The summed E-state index contributed by atoms with van der Waals surface area (Å²) in [5.41, 5.74) is 0. The Balaban J connectivity index is 2.14. The summed E-state index contributed by atoms with van der Waals surface area (Å²) in [5, 5.41) is 3.13. The van der Waals surface area contributed by atoms with Gasteiger partial charge in [-0.3, -0.25) is 0 Å². The topological polar surface area (TPSA) is 58.2 Å². The van der Waals surface area contributed by atoms with Gasteiger partial charge in [0.2, 0.25) is 10.0 Å². The minimum atomic E-state index is -3.06. The molecule has 1 saturated heterocycles. The first kappa shape index (κ1) is 15.3. The third-order valence-electron chi connectivity index (χ3n) is 2.95. The zero-order valence-corrected chi connectivity index (χ0v) is 12.2. The highest BCUT2D eigenvalue weighted by Crippen LogP contribution is 2.21. The molecule has 0 atom stereocenters. The molecular formula is C11H24N2O2S2. The molecule has 0 spiro atoms. The first-order chi connectivity index (χ1) is 8.14. The van der Waals surface area contributed by atoms with Gasteiger partial charge < -0.3 is 5.32 Å². The first-order valence-electron chi connectivity index (χ1n) is 6.40. The largest absolute Gasteiger partial charge is 0.317 e. The molecule has 1 heterocycles. The fraction of sp³-hybridized carbons (Fsp3) is 1.00. The Bertz CT molecular complexity index is 288. The number of hydrogen-bond donors (Lipinski definition) is 2. The van der Waals surface area contributed by atoms with Gasteiger partial charge in [0.15, 0.2) is 0 Å². The molecule has 0 unspecified atom stereocenters. The van der Waals surface area contributed by atoms with Gasteiger partial charge in [-0.05, 0) is 49.8 Å². The van der Waals surface area contributed by atoms with Gasteiger partial charge in [-0.1, -0.05) is 6.92 Å². The molecule has 6 heteroatoms. The van der Waals surface area contributed by atoms with Crippen LogP contribution in [-0.2, 0) is 10.0 Å². The van der Waals surface area contributed by atoms with E-state index in [1.807, 2.05) is 18.7 Å². The molecule has 0 radical (unpaired) electrons. The maximum Gasteiger partial charge on any atom is 0.211 e. The third-order valence-corrected chi connectivity index (χ3v) is 5.43. The van der Waals surface area contributed by atoms with Crippen LogP contribution in [0, 0.1) is 5.92 Å². The van der Waals surface area contributed by atoms with Crippen molar-refractivity contribution < 1.29 is 8.42 Å². The minimum Gasteiger partial charge on any atom is -0.317 e. The molecule has 102 valence electrons. The van der Waals surface area contributed by atoms with Crippen LogP contribution in [0.4, 0.5) is 0 Å². The Morgan fingerprint density at radius 1 is 1.29 bits per heavy atom. The highest BCUT2D eigenvalue weighted by molar-refractivity contribution is 7.99. The minimum absolute atomic E-state index is 0.238. The molecule has 1 rings (SSSR count). The average molecular weight is 280 g/mol. The van der Waals surface area contributed by atoms with Crippen molar-refractivity contribution in [1.82, 2.24) is 10.0 Å². The molecule has 0 aliphatic carbocycles. The van der Waals surface area contributed by atoms with E-state index in [2.05, 4.69) is 10.0 Å². The van der Waals surface area contributed by atoms with Crippen molar-refractivity contribution in [3.8, 4) is 0 Å². The van der Waals surface area contributed by atoms with Crippen LogP contribution in [0.25, 0.3) is 0 Å². The van der Waals surface area contributed by atoms with Crippen LogP contribution >= 0.6 is 11.8 Å². The Labute approximate surface area is 109 Å². The molecule has 17 heavy (non-hydrogen) atoms. The van der Waals surface area contributed by atoms with Crippen LogP contribution in [0.3, 0.4) is 0 Å². The number of nitrogens with one attached hydrogen (secondary N) is 2. The van der Waals surface area contributed by atoms with E-state index in [4.69, 9.17) is 0 Å². The molecule has 0 amide bonds. The lowest BCUT2D eigenvalue weighted by molar-refractivity contribution is 0.476. The van der Waals surface area contributed by atoms with E-state index in [9.17, 15) is 8.42 Å². The lowest BCUT2D eigenvalue weighted by Gasteiger charge is -2.21. The van der Waals surface area contributed by atoms with E-state index in [1.54, 1.807) is 0 Å². The molecule has 0 aromatic heterocycles. The maximum absolute atomic E-state index is 11.7. The SMILES string of the molecule is CCNCCCS(=O)(=O)NCC1CCSCC1. The lowest BCUT2D eigenvalue weighted by Crippen LogP contribution is -2.33. The monoisotopic (exact) mass is 280 g/mol. The van der Waals surface area contributed by atoms with Gasteiger partial charge in [0.1, 0.15) is 0 Å². The Morgan fingerprint density at radius 2 is 2.00 bits per heavy atom. The van der Waals surface area contributed by atoms with Crippen molar-refractivity contribution in [2.45, 2.75) is 26.2 Å². The molecule has 2 N–H and O–H groups in total. The van der Waals surface area contributed by atoms with E-state index in [0.717, 1.165) is 25.9 Å². The summed E-state index contributed by atoms with van der Waals surface area (Å²) in [6, 6.07) is 0. The van der Waals surface area contributed by atoms with Gasteiger partial charge in [-0.2, -0.15) is 11.8 Å². The summed E-state index contributed by atoms with van der Waals surface area (Å²) in [6.45, 7) is 4.32. The summed E-state index contributed by atoms with van der Waals surface area (Å²) in [7, 11) is -3.06. The smallest absolute Gasteiger partial charge is 0.211 e. The number of rotatable bonds is 8. The van der Waals surface area contributed by atoms with Crippen LogP contribution in [0.2, 0.25) is 0 Å². The predicted octanol–water partition coefficient (Wildman–Crippen LogP) is 1.05. The second-order valence-electron chi connectivity index (χ2n) is 4.43. The molecule has 0 bridgehead atoms. The molecule has 1 fully saturated rings. The Hall–Kier alpha value is 0.220. The van der Waals surface area contributed by atoms with Crippen molar-refractivity contribution in [2.75, 3.05) is 36.9 Å². The van der Waals surface area contributed by atoms with Crippen molar-refractivity contribution in [2.24, 2.45) is 5.92 Å². The van der Waals surface area contributed by atoms with Gasteiger partial charge in [0, 0.05) is 6.54 Å². The Morgan fingerprint density at radius 3 is 2.65 bits per heavy atom. The number of hydrogen-bond acceptors (Lipinski definition) is 4. The van der Waals surface area contributed by atoms with Crippen LogP contribution in [0.15, 0.2) is 0 Å². The summed E-state index contributed by atoms with van der Waals surface area (Å²) in [4.78, 5) is 0. The standard InChI is InChI=1S/C11H24N2O2S2/c1-2-12-6-3-9-17(14,15)13-10-11-4-7-16-8-5-11/h11-13H,2-10H2,1H3. The average Bonchev–Trinajstić information content (AvgIpc) is 2.34. The quantitative estimate of drug-likeness (QED) is 0.653. The van der Waals surface area contributed by atoms with Crippen molar-refractivity contribution >= 4 is 21.8 Å². The highest BCUT2D eigenvalue weighted by atomic mass is 32.2. The zero-order chi connectivity index (χ0) is 12.6. The molecule has 4 nitrogen and oxygen atoms in total. The molecule has 0 aromatic carbocycles. The van der Waals surface area contributed by atoms with Crippen LogP contribution in [-0.4, -0.2) is 45.3 Å². The van der Waals surface area contributed by atoms with Crippen LogP contribution < -0.4 is 10.0 Å². The van der Waals surface area contributed by atoms with E-state index >= 15 is 0 Å². The fourth-order valence-corrected chi connectivity index (χ4v) is 4.19. The van der Waals surface area contributed by atoms with Crippen molar-refractivity contribution in [3.05, 3.63) is 0 Å². The lowest BCUT2D eigenvalue weighted by atomic mass is 10.0. The van der Waals surface area contributed by atoms with E-state index in [0.29, 0.717) is 18.9 Å². The predicted molar refractivity (Wildman–Crippen MR) is 75.0 cm³/mol. The summed E-state index contributed by atoms with van der Waals surface area (Å²) in [6.07, 6.45) is 2.97. The molecule has 0 saturated carbocycles. The molecule has 1 aliphatic heterocycles. The molecular weight excluding hydrogens is 256 g/mol. The van der Waals surface area contributed by atoms with Crippen LogP contribution in [0.5, 0.6) is 0 Å². The summed E-state index contributed by atoms with van der Waals surface area (Å²) >= 11 is 1.97. The second kappa shape index (κ2) is 8.34. The van der Waals surface area contributed by atoms with Gasteiger partial charge in [0.25, 0.3) is 0 Å². The Kier molecular flexibility index (Phi) is 7.50. The van der Waals surface area contributed by atoms with Gasteiger partial charge >= 0.3 is 0 Å². The van der Waals surface area contributed by atoms with Crippen molar-refractivity contribution in [3.63, 3.8) is 0 Å².